The van der Waals surface area contributed by atoms with Gasteiger partial charge in [0, 0.05) is 37.8 Å². The number of aryl methyl sites for hydroxylation is 1. The van der Waals surface area contributed by atoms with Gasteiger partial charge in [0.15, 0.2) is 0 Å². The van der Waals surface area contributed by atoms with E-state index in [4.69, 9.17) is 4.52 Å². The highest BCUT2D eigenvalue weighted by Gasteiger charge is 2.26. The highest BCUT2D eigenvalue weighted by atomic mass is 16.5. The van der Waals surface area contributed by atoms with Crippen LogP contribution in [0.5, 0.6) is 5.75 Å². The van der Waals surface area contributed by atoms with Gasteiger partial charge in [0.2, 0.25) is 5.76 Å². The summed E-state index contributed by atoms with van der Waals surface area (Å²) < 4.78 is 5.30. The lowest BCUT2D eigenvalue weighted by Crippen LogP contribution is -2.48. The SMILES string of the molecule is Cc1ccc(-c2cc(C(=O)N3CCN(c4ccccc4O)CC3)on2)cc1. The summed E-state index contributed by atoms with van der Waals surface area (Å²) in [5.41, 5.74) is 3.55. The number of piperazine rings is 1. The predicted molar refractivity (Wildman–Crippen MR) is 103 cm³/mol. The van der Waals surface area contributed by atoms with Crippen LogP contribution in [0.1, 0.15) is 16.1 Å². The number of nitrogens with zero attached hydrogens (tertiary/aromatic N) is 3. The molecule has 1 saturated heterocycles. The Morgan fingerprint density at radius 3 is 2.44 bits per heavy atom. The van der Waals surface area contributed by atoms with Crippen LogP contribution in [0.3, 0.4) is 0 Å². The van der Waals surface area contributed by atoms with Crippen LogP contribution >= 0.6 is 0 Å². The van der Waals surface area contributed by atoms with Gasteiger partial charge < -0.3 is 19.4 Å². The first-order valence-corrected chi connectivity index (χ1v) is 8.98. The molecule has 1 aliphatic heterocycles. The van der Waals surface area contributed by atoms with Gasteiger partial charge in [-0.05, 0) is 19.1 Å². The molecule has 27 heavy (non-hydrogen) atoms. The molecule has 1 N–H and O–H groups in total. The molecule has 1 aromatic heterocycles. The molecule has 1 fully saturated rings. The Bertz CT molecular complexity index is 941. The average Bonchev–Trinajstić information content (AvgIpc) is 3.19. The minimum Gasteiger partial charge on any atom is -0.506 e. The molecule has 0 bridgehead atoms. The van der Waals surface area contributed by atoms with E-state index in [2.05, 4.69) is 10.1 Å². The Morgan fingerprint density at radius 2 is 1.74 bits per heavy atom. The third kappa shape index (κ3) is 3.51. The number of phenolic OH excluding ortho intramolecular Hbond substituents is 1. The number of anilines is 1. The van der Waals surface area contributed by atoms with Crippen LogP contribution in [0.15, 0.2) is 59.1 Å². The van der Waals surface area contributed by atoms with E-state index in [9.17, 15) is 9.90 Å². The second-order valence-corrected chi connectivity index (χ2v) is 6.71. The fourth-order valence-electron chi connectivity index (χ4n) is 3.27. The summed E-state index contributed by atoms with van der Waals surface area (Å²) in [5.74, 6) is 0.356. The molecule has 0 atom stereocenters. The summed E-state index contributed by atoms with van der Waals surface area (Å²) in [6.45, 7) is 4.46. The van der Waals surface area contributed by atoms with Gasteiger partial charge in [-0.1, -0.05) is 47.1 Å². The van der Waals surface area contributed by atoms with E-state index in [1.165, 1.54) is 5.56 Å². The molecule has 0 unspecified atom stereocenters. The number of carbonyl (C=O) groups is 1. The van der Waals surface area contributed by atoms with Gasteiger partial charge in [0.05, 0.1) is 5.69 Å². The van der Waals surface area contributed by atoms with E-state index in [0.717, 1.165) is 11.3 Å². The molecule has 138 valence electrons. The lowest BCUT2D eigenvalue weighted by molar-refractivity contribution is 0.0705. The van der Waals surface area contributed by atoms with Crippen LogP contribution in [-0.2, 0) is 0 Å². The number of aromatic hydroxyl groups is 1. The molecule has 0 aliphatic carbocycles. The van der Waals surface area contributed by atoms with Gasteiger partial charge in [0.1, 0.15) is 11.4 Å². The number of aromatic nitrogens is 1. The largest absolute Gasteiger partial charge is 0.506 e. The van der Waals surface area contributed by atoms with Crippen LogP contribution in [-0.4, -0.2) is 47.2 Å². The number of amides is 1. The molecule has 1 aliphatic rings. The lowest BCUT2D eigenvalue weighted by Gasteiger charge is -2.35. The van der Waals surface area contributed by atoms with Crippen molar-refractivity contribution in [2.75, 3.05) is 31.1 Å². The quantitative estimate of drug-likeness (QED) is 0.773. The van der Waals surface area contributed by atoms with Crippen LogP contribution in [0.4, 0.5) is 5.69 Å². The molecule has 2 heterocycles. The van der Waals surface area contributed by atoms with Crippen molar-refractivity contribution in [3.05, 3.63) is 65.9 Å². The highest BCUT2D eigenvalue weighted by Crippen LogP contribution is 2.27. The number of phenols is 1. The minimum absolute atomic E-state index is 0.155. The van der Waals surface area contributed by atoms with E-state index in [1.807, 2.05) is 43.3 Å². The molecule has 0 radical (unpaired) electrons. The van der Waals surface area contributed by atoms with Crippen molar-refractivity contribution in [3.8, 4) is 17.0 Å². The van der Waals surface area contributed by atoms with Crippen LogP contribution in [0.2, 0.25) is 0 Å². The van der Waals surface area contributed by atoms with Crippen LogP contribution in [0, 0.1) is 6.92 Å². The van der Waals surface area contributed by atoms with Crippen molar-refractivity contribution in [2.24, 2.45) is 0 Å². The minimum atomic E-state index is -0.155. The summed E-state index contributed by atoms with van der Waals surface area (Å²) in [4.78, 5) is 16.6. The molecule has 0 spiro atoms. The molecule has 1 amide bonds. The monoisotopic (exact) mass is 363 g/mol. The normalized spacial score (nSPS) is 14.4. The zero-order chi connectivity index (χ0) is 18.8. The number of benzene rings is 2. The number of carbonyl (C=O) groups excluding carboxylic acids is 1. The third-order valence-electron chi connectivity index (χ3n) is 4.86. The van der Waals surface area contributed by atoms with Gasteiger partial charge >= 0.3 is 0 Å². The molecule has 0 saturated carbocycles. The van der Waals surface area contributed by atoms with Crippen LogP contribution < -0.4 is 4.90 Å². The second kappa shape index (κ2) is 7.15. The van der Waals surface area contributed by atoms with Crippen molar-refractivity contribution in [2.45, 2.75) is 6.92 Å². The topological polar surface area (TPSA) is 69.8 Å². The van der Waals surface area contributed by atoms with Crippen molar-refractivity contribution in [3.63, 3.8) is 0 Å². The first-order chi connectivity index (χ1) is 13.1. The van der Waals surface area contributed by atoms with Gasteiger partial charge in [-0.25, -0.2) is 0 Å². The van der Waals surface area contributed by atoms with Crippen molar-refractivity contribution in [1.82, 2.24) is 10.1 Å². The Kier molecular flexibility index (Phi) is 4.54. The summed E-state index contributed by atoms with van der Waals surface area (Å²) in [6.07, 6.45) is 0. The van der Waals surface area contributed by atoms with Gasteiger partial charge in [-0.2, -0.15) is 0 Å². The smallest absolute Gasteiger partial charge is 0.292 e. The summed E-state index contributed by atoms with van der Waals surface area (Å²) in [6, 6.07) is 16.9. The Morgan fingerprint density at radius 1 is 1.04 bits per heavy atom. The zero-order valence-corrected chi connectivity index (χ0v) is 15.1. The number of hydrogen-bond donors (Lipinski definition) is 1. The number of para-hydroxylation sites is 2. The van der Waals surface area contributed by atoms with Crippen molar-refractivity contribution in [1.29, 1.82) is 0 Å². The zero-order valence-electron chi connectivity index (χ0n) is 15.1. The fourth-order valence-corrected chi connectivity index (χ4v) is 3.27. The standard InChI is InChI=1S/C21H21N3O3/c1-15-6-8-16(9-7-15)17-14-20(27-22-17)21(26)24-12-10-23(11-13-24)18-4-2-3-5-19(18)25/h2-9,14,25H,10-13H2,1H3. The van der Waals surface area contributed by atoms with E-state index in [1.54, 1.807) is 23.1 Å². The molecule has 6 nitrogen and oxygen atoms in total. The van der Waals surface area contributed by atoms with E-state index < -0.39 is 0 Å². The van der Waals surface area contributed by atoms with Crippen LogP contribution in [0.25, 0.3) is 11.3 Å². The first-order valence-electron chi connectivity index (χ1n) is 8.98. The summed E-state index contributed by atoms with van der Waals surface area (Å²) in [7, 11) is 0. The predicted octanol–water partition coefficient (Wildman–Crippen LogP) is 3.32. The second-order valence-electron chi connectivity index (χ2n) is 6.71. The average molecular weight is 363 g/mol. The van der Waals surface area contributed by atoms with E-state index >= 15 is 0 Å². The fraction of sp³-hybridized carbons (Fsp3) is 0.238. The molecule has 2 aromatic carbocycles. The van der Waals surface area contributed by atoms with E-state index in [-0.39, 0.29) is 17.4 Å². The Hall–Kier alpha value is -3.28. The maximum atomic E-state index is 12.7. The molecule has 6 heteroatoms. The summed E-state index contributed by atoms with van der Waals surface area (Å²) in [5, 5.41) is 14.0. The van der Waals surface area contributed by atoms with Gasteiger partial charge in [0.25, 0.3) is 5.91 Å². The lowest BCUT2D eigenvalue weighted by atomic mass is 10.1. The number of hydrogen-bond acceptors (Lipinski definition) is 5. The maximum absolute atomic E-state index is 12.7. The Labute approximate surface area is 157 Å². The molecule has 4 rings (SSSR count). The van der Waals surface area contributed by atoms with Gasteiger partial charge in [-0.3, -0.25) is 4.79 Å². The van der Waals surface area contributed by atoms with Crippen molar-refractivity contribution >= 4 is 11.6 Å². The van der Waals surface area contributed by atoms with Gasteiger partial charge in [-0.15, -0.1) is 0 Å². The highest BCUT2D eigenvalue weighted by molar-refractivity contribution is 5.92. The van der Waals surface area contributed by atoms with Crippen molar-refractivity contribution < 1.29 is 14.4 Å². The third-order valence-corrected chi connectivity index (χ3v) is 4.86. The molecular formula is C21H21N3O3. The maximum Gasteiger partial charge on any atom is 0.292 e. The first kappa shape index (κ1) is 17.1. The molecule has 3 aromatic rings. The Balaban J connectivity index is 1.43. The van der Waals surface area contributed by atoms with E-state index in [0.29, 0.717) is 31.9 Å². The molecular weight excluding hydrogens is 342 g/mol. The summed E-state index contributed by atoms with van der Waals surface area (Å²) >= 11 is 0. The number of rotatable bonds is 3.